The molecule has 0 saturated heterocycles. The van der Waals surface area contributed by atoms with Gasteiger partial charge in [-0.3, -0.25) is 4.79 Å². The van der Waals surface area contributed by atoms with Crippen molar-refractivity contribution in [1.29, 1.82) is 0 Å². The van der Waals surface area contributed by atoms with Crippen LogP contribution in [-0.4, -0.2) is 51.1 Å². The average Bonchev–Trinajstić information content (AvgIpc) is 2.27. The second kappa shape index (κ2) is 9.29. The van der Waals surface area contributed by atoms with Gasteiger partial charge in [-0.2, -0.15) is 0 Å². The molecule has 108 valence electrons. The van der Waals surface area contributed by atoms with Crippen molar-refractivity contribution < 1.29 is 13.2 Å². The van der Waals surface area contributed by atoms with Gasteiger partial charge in [0.15, 0.2) is 0 Å². The van der Waals surface area contributed by atoms with Crippen LogP contribution in [0.15, 0.2) is 0 Å². The number of unbranched alkanes of at least 4 members (excludes halogenated alkanes) is 1. The van der Waals surface area contributed by atoms with E-state index < -0.39 is 10.0 Å². The summed E-state index contributed by atoms with van der Waals surface area (Å²) in [6.07, 6.45) is 3.96. The molecule has 0 saturated carbocycles. The number of rotatable bonds is 10. The molecule has 0 atom stereocenters. The monoisotopic (exact) mass is 279 g/mol. The molecule has 0 rings (SSSR count). The van der Waals surface area contributed by atoms with Gasteiger partial charge in [0.1, 0.15) is 0 Å². The van der Waals surface area contributed by atoms with Crippen LogP contribution in [0.3, 0.4) is 0 Å². The van der Waals surface area contributed by atoms with E-state index in [2.05, 4.69) is 5.32 Å². The maximum atomic E-state index is 11.3. The van der Waals surface area contributed by atoms with E-state index in [1.54, 1.807) is 6.92 Å². The Hall–Kier alpha value is -0.660. The fourth-order valence-corrected chi connectivity index (χ4v) is 2.49. The molecule has 0 spiro atoms. The van der Waals surface area contributed by atoms with E-state index in [9.17, 15) is 13.2 Å². The number of sulfonamides is 1. The molecule has 6 nitrogen and oxygen atoms in total. The minimum atomic E-state index is -3.13. The standard InChI is InChI=1S/C11H25N3O3S/c1-3-14(18(2,16)17)10-6-9-13-11(15)7-4-5-8-12/h3-10,12H2,1-2H3,(H,13,15). The molecule has 18 heavy (non-hydrogen) atoms. The van der Waals surface area contributed by atoms with Gasteiger partial charge in [0.25, 0.3) is 0 Å². The normalized spacial score (nSPS) is 11.8. The zero-order valence-corrected chi connectivity index (χ0v) is 12.1. The van der Waals surface area contributed by atoms with E-state index >= 15 is 0 Å². The minimum absolute atomic E-state index is 0.00542. The van der Waals surface area contributed by atoms with Crippen LogP contribution in [0.2, 0.25) is 0 Å². The number of nitrogens with one attached hydrogen (secondary N) is 1. The molecule has 0 radical (unpaired) electrons. The summed E-state index contributed by atoms with van der Waals surface area (Å²) in [4.78, 5) is 11.3. The molecule has 0 heterocycles. The van der Waals surface area contributed by atoms with Crippen LogP contribution in [0.1, 0.15) is 32.6 Å². The quantitative estimate of drug-likeness (QED) is 0.546. The third kappa shape index (κ3) is 8.43. The summed E-state index contributed by atoms with van der Waals surface area (Å²) in [5, 5.41) is 2.77. The summed E-state index contributed by atoms with van der Waals surface area (Å²) >= 11 is 0. The first-order chi connectivity index (χ1) is 8.41. The first kappa shape index (κ1) is 17.3. The summed E-state index contributed by atoms with van der Waals surface area (Å²) in [7, 11) is -3.13. The molecule has 7 heteroatoms. The van der Waals surface area contributed by atoms with Crippen LogP contribution in [-0.2, 0) is 14.8 Å². The summed E-state index contributed by atoms with van der Waals surface area (Å²) in [5.74, 6) is 0.00542. The van der Waals surface area contributed by atoms with E-state index in [-0.39, 0.29) is 5.91 Å². The van der Waals surface area contributed by atoms with Crippen molar-refractivity contribution in [2.24, 2.45) is 5.73 Å². The van der Waals surface area contributed by atoms with Gasteiger partial charge in [-0.05, 0) is 25.8 Å². The second-order valence-corrected chi connectivity index (χ2v) is 6.19. The zero-order valence-electron chi connectivity index (χ0n) is 11.3. The molecule has 0 bridgehead atoms. The summed E-state index contributed by atoms with van der Waals surface area (Å²) in [6, 6.07) is 0. The lowest BCUT2D eigenvalue weighted by Crippen LogP contribution is -2.33. The number of carbonyl (C=O) groups excluding carboxylic acids is 1. The summed E-state index contributed by atoms with van der Waals surface area (Å²) < 4.78 is 24.0. The molecule has 0 aliphatic heterocycles. The minimum Gasteiger partial charge on any atom is -0.356 e. The Kier molecular flexibility index (Phi) is 8.95. The van der Waals surface area contributed by atoms with Crippen molar-refractivity contribution >= 4 is 15.9 Å². The molecule has 0 aromatic rings. The van der Waals surface area contributed by atoms with Crippen molar-refractivity contribution in [1.82, 2.24) is 9.62 Å². The van der Waals surface area contributed by atoms with Gasteiger partial charge >= 0.3 is 0 Å². The van der Waals surface area contributed by atoms with E-state index in [1.807, 2.05) is 0 Å². The summed E-state index contributed by atoms with van der Waals surface area (Å²) in [5.41, 5.74) is 5.33. The highest BCUT2D eigenvalue weighted by atomic mass is 32.2. The molecule has 0 fully saturated rings. The zero-order chi connectivity index (χ0) is 14.0. The van der Waals surface area contributed by atoms with Gasteiger partial charge in [-0.25, -0.2) is 12.7 Å². The van der Waals surface area contributed by atoms with Crippen LogP contribution in [0.4, 0.5) is 0 Å². The van der Waals surface area contributed by atoms with Crippen molar-refractivity contribution in [3.8, 4) is 0 Å². The van der Waals surface area contributed by atoms with Gasteiger partial charge in [-0.15, -0.1) is 0 Å². The Balaban J connectivity index is 3.69. The van der Waals surface area contributed by atoms with Crippen molar-refractivity contribution in [3.63, 3.8) is 0 Å². The van der Waals surface area contributed by atoms with Crippen LogP contribution in [0.5, 0.6) is 0 Å². The molecular formula is C11H25N3O3S. The predicted molar refractivity (Wildman–Crippen MR) is 72.6 cm³/mol. The smallest absolute Gasteiger partial charge is 0.219 e. The molecule has 3 N–H and O–H groups in total. The first-order valence-electron chi connectivity index (χ1n) is 6.33. The second-order valence-electron chi connectivity index (χ2n) is 4.20. The third-order valence-corrected chi connectivity index (χ3v) is 3.96. The molecular weight excluding hydrogens is 254 g/mol. The SMILES string of the molecule is CCN(CCCNC(=O)CCCCN)S(C)(=O)=O. The maximum Gasteiger partial charge on any atom is 0.219 e. The van der Waals surface area contributed by atoms with Gasteiger partial charge in [0.05, 0.1) is 6.26 Å². The average molecular weight is 279 g/mol. The lowest BCUT2D eigenvalue weighted by Gasteiger charge is -2.17. The Morgan fingerprint density at radius 1 is 1.28 bits per heavy atom. The number of carbonyl (C=O) groups is 1. The Morgan fingerprint density at radius 3 is 2.44 bits per heavy atom. The third-order valence-electron chi connectivity index (χ3n) is 2.59. The lowest BCUT2D eigenvalue weighted by atomic mass is 10.2. The maximum absolute atomic E-state index is 11.3. The Morgan fingerprint density at radius 2 is 1.94 bits per heavy atom. The highest BCUT2D eigenvalue weighted by molar-refractivity contribution is 7.88. The van der Waals surface area contributed by atoms with Gasteiger partial charge in [-0.1, -0.05) is 6.92 Å². The molecule has 0 aromatic carbocycles. The highest BCUT2D eigenvalue weighted by Gasteiger charge is 2.13. The topological polar surface area (TPSA) is 92.5 Å². The first-order valence-corrected chi connectivity index (χ1v) is 8.18. The molecule has 0 unspecified atom stereocenters. The van der Waals surface area contributed by atoms with Crippen molar-refractivity contribution in [2.45, 2.75) is 32.6 Å². The van der Waals surface area contributed by atoms with Crippen LogP contribution in [0, 0.1) is 0 Å². The van der Waals surface area contributed by atoms with Crippen LogP contribution >= 0.6 is 0 Å². The number of amides is 1. The van der Waals surface area contributed by atoms with Crippen LogP contribution in [0.25, 0.3) is 0 Å². The molecule has 0 aliphatic rings. The van der Waals surface area contributed by atoms with E-state index in [0.29, 0.717) is 39.0 Å². The van der Waals surface area contributed by atoms with Gasteiger partial charge in [0, 0.05) is 26.1 Å². The highest BCUT2D eigenvalue weighted by Crippen LogP contribution is 1.98. The lowest BCUT2D eigenvalue weighted by molar-refractivity contribution is -0.121. The van der Waals surface area contributed by atoms with E-state index in [0.717, 1.165) is 12.8 Å². The van der Waals surface area contributed by atoms with Crippen molar-refractivity contribution in [2.75, 3.05) is 32.4 Å². The van der Waals surface area contributed by atoms with E-state index in [1.165, 1.54) is 10.6 Å². The fraction of sp³-hybridized carbons (Fsp3) is 0.909. The number of hydrogen-bond donors (Lipinski definition) is 2. The summed E-state index contributed by atoms with van der Waals surface area (Å²) in [6.45, 7) is 3.81. The Bertz CT molecular complexity index is 330. The van der Waals surface area contributed by atoms with Gasteiger partial charge in [0.2, 0.25) is 15.9 Å². The number of nitrogens with two attached hydrogens (primary N) is 1. The van der Waals surface area contributed by atoms with Crippen LogP contribution < -0.4 is 11.1 Å². The number of nitrogens with zero attached hydrogens (tertiary/aromatic N) is 1. The fourth-order valence-electron chi connectivity index (χ4n) is 1.56. The number of hydrogen-bond acceptors (Lipinski definition) is 4. The van der Waals surface area contributed by atoms with E-state index in [4.69, 9.17) is 5.73 Å². The largest absolute Gasteiger partial charge is 0.356 e. The predicted octanol–water partition coefficient (Wildman–Crippen LogP) is -0.0968. The molecule has 0 aliphatic carbocycles. The molecule has 0 aromatic heterocycles. The van der Waals surface area contributed by atoms with Crippen molar-refractivity contribution in [3.05, 3.63) is 0 Å². The Labute approximate surface area is 110 Å². The molecule has 1 amide bonds. The van der Waals surface area contributed by atoms with Gasteiger partial charge < -0.3 is 11.1 Å².